The van der Waals surface area contributed by atoms with E-state index in [4.69, 9.17) is 33.4 Å². The molecule has 2 aromatic carbocycles. The number of carbonyl (C=O) groups excluding carboxylic acids is 3. The van der Waals surface area contributed by atoms with Crippen LogP contribution in [0.4, 0.5) is 0 Å². The number of aliphatic imine (C=N–C) groups is 1. The molecule has 46 heavy (non-hydrogen) atoms. The molecule has 3 aliphatic rings. The highest BCUT2D eigenvalue weighted by Gasteiger charge is 2.63. The lowest BCUT2D eigenvalue weighted by Crippen LogP contribution is -2.64. The molecule has 0 saturated heterocycles. The van der Waals surface area contributed by atoms with Crippen molar-refractivity contribution in [1.82, 2.24) is 4.90 Å². The van der Waals surface area contributed by atoms with E-state index in [1.54, 1.807) is 49.2 Å². The van der Waals surface area contributed by atoms with E-state index in [0.29, 0.717) is 54.6 Å². The second-order valence-electron chi connectivity index (χ2n) is 11.9. The quantitative estimate of drug-likeness (QED) is 0.293. The average molecular weight is 637 g/mol. The standard InChI is InChI=1S/C35H44N2O9/c1-8-45-32(39)34(33(40)46-9-2)12-13-35(25-19-30(44-7)28(42-5)17-23(25)11-15-37(35)21(3)38)26(20-34)31-24-18-29(43-6)27(41-4)16-22(24)10-14-36-31/h16-19,26H,8-15,20H2,1-7H3/t26-,35-/m0/s1. The van der Waals surface area contributed by atoms with Crippen LogP contribution >= 0.6 is 0 Å². The second kappa shape index (κ2) is 13.2. The molecule has 0 N–H and O–H groups in total. The zero-order valence-corrected chi connectivity index (χ0v) is 27.8. The first-order valence-corrected chi connectivity index (χ1v) is 15.8. The third-order valence-electron chi connectivity index (χ3n) is 9.82. The van der Waals surface area contributed by atoms with Gasteiger partial charge in [0.2, 0.25) is 5.91 Å². The number of fused-ring (bicyclic) bond motifs is 3. The van der Waals surface area contributed by atoms with Gasteiger partial charge in [0.25, 0.3) is 0 Å². The Kier molecular flexibility index (Phi) is 9.51. The molecule has 2 aromatic rings. The molecular weight excluding hydrogens is 592 g/mol. The highest BCUT2D eigenvalue weighted by Crippen LogP contribution is 2.58. The van der Waals surface area contributed by atoms with E-state index in [2.05, 4.69) is 0 Å². The van der Waals surface area contributed by atoms with Gasteiger partial charge in [0.05, 0.1) is 47.2 Å². The lowest BCUT2D eigenvalue weighted by Gasteiger charge is -2.57. The monoisotopic (exact) mass is 636 g/mol. The topological polar surface area (TPSA) is 122 Å². The third kappa shape index (κ3) is 5.23. The Labute approximate surface area is 270 Å². The zero-order chi connectivity index (χ0) is 33.2. The van der Waals surface area contributed by atoms with E-state index < -0.39 is 28.8 Å². The van der Waals surface area contributed by atoms with Crippen LogP contribution in [0.15, 0.2) is 29.3 Å². The van der Waals surface area contributed by atoms with Gasteiger partial charge >= 0.3 is 11.9 Å². The van der Waals surface area contributed by atoms with Gasteiger partial charge in [0.15, 0.2) is 28.4 Å². The Hall–Kier alpha value is -4.28. The number of nitrogens with zero attached hydrogens (tertiary/aromatic N) is 2. The number of hydrogen-bond acceptors (Lipinski definition) is 10. The number of carbonyl (C=O) groups is 3. The number of esters is 2. The molecule has 0 bridgehead atoms. The minimum absolute atomic E-state index is 0.0227. The van der Waals surface area contributed by atoms with E-state index in [1.807, 2.05) is 29.2 Å². The predicted octanol–water partition coefficient (Wildman–Crippen LogP) is 4.28. The van der Waals surface area contributed by atoms with Gasteiger partial charge in [0.1, 0.15) is 0 Å². The summed E-state index contributed by atoms with van der Waals surface area (Å²) in [6.45, 7) is 6.13. The largest absolute Gasteiger partial charge is 0.493 e. The number of amides is 1. The Morgan fingerprint density at radius 3 is 1.93 bits per heavy atom. The van der Waals surface area contributed by atoms with Crippen molar-refractivity contribution in [2.45, 2.75) is 58.4 Å². The van der Waals surface area contributed by atoms with Crippen LogP contribution in [-0.4, -0.2) is 83.2 Å². The first kappa shape index (κ1) is 33.1. The highest BCUT2D eigenvalue weighted by molar-refractivity contribution is 6.08. The van der Waals surface area contributed by atoms with E-state index in [1.165, 1.54) is 0 Å². The summed E-state index contributed by atoms with van der Waals surface area (Å²) in [5.74, 6) is 0.242. The Morgan fingerprint density at radius 2 is 1.37 bits per heavy atom. The van der Waals surface area contributed by atoms with Crippen molar-refractivity contribution in [1.29, 1.82) is 0 Å². The van der Waals surface area contributed by atoms with E-state index in [9.17, 15) is 14.4 Å². The molecule has 0 unspecified atom stereocenters. The number of hydrogen-bond donors (Lipinski definition) is 0. The normalized spacial score (nSPS) is 21.3. The van der Waals surface area contributed by atoms with Crippen molar-refractivity contribution < 1.29 is 42.8 Å². The Morgan fingerprint density at radius 1 is 0.804 bits per heavy atom. The second-order valence-corrected chi connectivity index (χ2v) is 11.9. The van der Waals surface area contributed by atoms with Crippen LogP contribution in [0.2, 0.25) is 0 Å². The molecule has 5 rings (SSSR count). The summed E-state index contributed by atoms with van der Waals surface area (Å²) in [6, 6.07) is 7.76. The molecule has 1 aliphatic carbocycles. The molecule has 11 heteroatoms. The van der Waals surface area contributed by atoms with Crippen LogP contribution in [0.3, 0.4) is 0 Å². The summed E-state index contributed by atoms with van der Waals surface area (Å²) in [5.41, 5.74) is 1.81. The number of ether oxygens (including phenoxy) is 6. The van der Waals surface area contributed by atoms with Gasteiger partial charge in [-0.2, -0.15) is 0 Å². The van der Waals surface area contributed by atoms with E-state index >= 15 is 0 Å². The van der Waals surface area contributed by atoms with E-state index in [-0.39, 0.29) is 38.4 Å². The molecule has 248 valence electrons. The maximum atomic E-state index is 13.9. The Bertz CT molecular complexity index is 1530. The zero-order valence-electron chi connectivity index (χ0n) is 27.8. The molecule has 0 aromatic heterocycles. The van der Waals surface area contributed by atoms with Crippen molar-refractivity contribution in [2.75, 3.05) is 54.7 Å². The lowest BCUT2D eigenvalue weighted by atomic mass is 9.55. The number of methoxy groups -OCH3 is 4. The number of benzene rings is 2. The van der Waals surface area contributed by atoms with Crippen LogP contribution in [0.1, 0.15) is 62.3 Å². The molecular formula is C35H44N2O9. The maximum absolute atomic E-state index is 13.9. The van der Waals surface area contributed by atoms with Crippen LogP contribution < -0.4 is 18.9 Å². The molecule has 1 amide bonds. The molecule has 0 radical (unpaired) electrons. The average Bonchev–Trinajstić information content (AvgIpc) is 3.07. The fourth-order valence-electron chi connectivity index (χ4n) is 7.75. The maximum Gasteiger partial charge on any atom is 0.323 e. The van der Waals surface area contributed by atoms with Crippen molar-refractivity contribution in [3.8, 4) is 23.0 Å². The summed E-state index contributed by atoms with van der Waals surface area (Å²) in [4.78, 5) is 48.5. The van der Waals surface area contributed by atoms with Crippen molar-refractivity contribution in [2.24, 2.45) is 16.3 Å². The fourth-order valence-corrected chi connectivity index (χ4v) is 7.75. The van der Waals surface area contributed by atoms with Gasteiger partial charge in [-0.15, -0.1) is 0 Å². The highest BCUT2D eigenvalue weighted by atomic mass is 16.6. The van der Waals surface area contributed by atoms with Crippen molar-refractivity contribution in [3.63, 3.8) is 0 Å². The molecule has 2 atom stereocenters. The predicted molar refractivity (Wildman–Crippen MR) is 170 cm³/mol. The van der Waals surface area contributed by atoms with Crippen LogP contribution in [0.25, 0.3) is 0 Å². The van der Waals surface area contributed by atoms with Gasteiger partial charge < -0.3 is 33.3 Å². The Balaban J connectivity index is 1.83. The van der Waals surface area contributed by atoms with Crippen LogP contribution in [-0.2, 0) is 42.2 Å². The molecule has 11 nitrogen and oxygen atoms in total. The smallest absolute Gasteiger partial charge is 0.323 e. The summed E-state index contributed by atoms with van der Waals surface area (Å²) < 4.78 is 33.9. The summed E-state index contributed by atoms with van der Waals surface area (Å²) in [7, 11) is 6.34. The van der Waals surface area contributed by atoms with Gasteiger partial charge in [-0.25, -0.2) is 0 Å². The first-order chi connectivity index (χ1) is 22.1. The first-order valence-electron chi connectivity index (χ1n) is 15.8. The molecule has 2 aliphatic heterocycles. The third-order valence-corrected chi connectivity index (χ3v) is 9.82. The van der Waals surface area contributed by atoms with Gasteiger partial charge in [-0.3, -0.25) is 19.4 Å². The summed E-state index contributed by atoms with van der Waals surface area (Å²) >= 11 is 0. The van der Waals surface area contributed by atoms with Gasteiger partial charge in [-0.05, 0) is 86.9 Å². The van der Waals surface area contributed by atoms with Crippen molar-refractivity contribution in [3.05, 3.63) is 46.5 Å². The van der Waals surface area contributed by atoms with E-state index in [0.717, 1.165) is 22.3 Å². The molecule has 1 fully saturated rings. The summed E-state index contributed by atoms with van der Waals surface area (Å²) in [6.07, 6.45) is 1.68. The van der Waals surface area contributed by atoms with Gasteiger partial charge in [0, 0.05) is 37.2 Å². The molecule has 1 spiro atoms. The van der Waals surface area contributed by atoms with Gasteiger partial charge in [-0.1, -0.05) is 0 Å². The molecule has 2 heterocycles. The fraction of sp³-hybridized carbons (Fsp3) is 0.543. The SMILES string of the molecule is CCOC(=O)C1(C(=O)OCC)CC[C@]2(c3cc(OC)c(OC)cc3CCN2C(C)=O)[C@H](C2=NCCc3cc(OC)c(OC)cc32)C1. The lowest BCUT2D eigenvalue weighted by molar-refractivity contribution is -0.179. The van der Waals surface area contributed by atoms with Crippen LogP contribution in [0, 0.1) is 11.3 Å². The van der Waals surface area contributed by atoms with Crippen LogP contribution in [0.5, 0.6) is 23.0 Å². The minimum atomic E-state index is -1.60. The minimum Gasteiger partial charge on any atom is -0.493 e. The number of rotatable bonds is 9. The summed E-state index contributed by atoms with van der Waals surface area (Å²) in [5, 5.41) is 0. The van der Waals surface area contributed by atoms with Crippen molar-refractivity contribution >= 4 is 23.6 Å². The molecule has 1 saturated carbocycles.